The van der Waals surface area contributed by atoms with Crippen molar-refractivity contribution in [3.05, 3.63) is 67.4 Å². The summed E-state index contributed by atoms with van der Waals surface area (Å²) in [7, 11) is 1.14. The van der Waals surface area contributed by atoms with Crippen LogP contribution in [0.15, 0.2) is 39.9 Å². The molecule has 0 aliphatic heterocycles. The summed E-state index contributed by atoms with van der Waals surface area (Å²) in [5, 5.41) is 11.1. The smallest absolute Gasteiger partial charge is 0.324 e. The van der Waals surface area contributed by atoms with E-state index in [-0.39, 0.29) is 21.7 Å². The summed E-state index contributed by atoms with van der Waals surface area (Å²) in [6.07, 6.45) is -4.75. The summed E-state index contributed by atoms with van der Waals surface area (Å²) in [5.74, 6) is -0.755. The van der Waals surface area contributed by atoms with Crippen LogP contribution in [-0.4, -0.2) is 20.0 Å². The molecule has 2 aromatic heterocycles. The second-order valence-corrected chi connectivity index (χ2v) is 6.56. The first-order valence-electron chi connectivity index (χ1n) is 8.20. The standard InChI is InChI=1S/C18H11ClF3N5O3/c1-26-15-11(4-5-13(25-15)18(20,21)22)16(29)27(17(26)30)8-14(28)24-10-3-2-9(7-23)12(19)6-10/h2-6H,8H2,1H3,(H,24,28). The summed E-state index contributed by atoms with van der Waals surface area (Å²) in [6, 6.07) is 7.49. The highest BCUT2D eigenvalue weighted by Crippen LogP contribution is 2.28. The normalized spacial score (nSPS) is 11.3. The SMILES string of the molecule is Cn1c(=O)n(CC(=O)Nc2ccc(C#N)c(Cl)c2)c(=O)c2ccc(C(F)(F)F)nc21. The third-order valence-electron chi connectivity index (χ3n) is 4.15. The van der Waals surface area contributed by atoms with Crippen LogP contribution < -0.4 is 16.6 Å². The number of carbonyl (C=O) groups excluding carboxylic acids is 1. The topological polar surface area (TPSA) is 110 Å². The highest BCUT2D eigenvalue weighted by Gasteiger charge is 2.33. The Morgan fingerprint density at radius 1 is 1.27 bits per heavy atom. The largest absolute Gasteiger partial charge is 0.433 e. The first-order valence-corrected chi connectivity index (χ1v) is 8.58. The molecule has 1 N–H and O–H groups in total. The number of fused-ring (bicyclic) bond motifs is 1. The highest BCUT2D eigenvalue weighted by atomic mass is 35.5. The van der Waals surface area contributed by atoms with Gasteiger partial charge < -0.3 is 5.32 Å². The highest BCUT2D eigenvalue weighted by molar-refractivity contribution is 6.32. The van der Waals surface area contributed by atoms with E-state index >= 15 is 0 Å². The van der Waals surface area contributed by atoms with Crippen molar-refractivity contribution in [2.45, 2.75) is 12.7 Å². The van der Waals surface area contributed by atoms with E-state index in [9.17, 15) is 27.6 Å². The molecule has 0 bridgehead atoms. The Morgan fingerprint density at radius 2 is 1.97 bits per heavy atom. The molecule has 12 heteroatoms. The van der Waals surface area contributed by atoms with Crippen molar-refractivity contribution in [1.82, 2.24) is 14.1 Å². The van der Waals surface area contributed by atoms with Gasteiger partial charge in [0.2, 0.25) is 5.91 Å². The van der Waals surface area contributed by atoms with Gasteiger partial charge in [-0.25, -0.2) is 9.78 Å². The van der Waals surface area contributed by atoms with Gasteiger partial charge in [0.25, 0.3) is 5.56 Å². The van der Waals surface area contributed by atoms with E-state index in [1.807, 2.05) is 6.07 Å². The molecule has 1 aromatic carbocycles. The van der Waals surface area contributed by atoms with Gasteiger partial charge >= 0.3 is 11.9 Å². The van der Waals surface area contributed by atoms with Gasteiger partial charge in [-0.05, 0) is 30.3 Å². The molecule has 0 saturated heterocycles. The number of carbonyl (C=O) groups is 1. The van der Waals surface area contributed by atoms with E-state index < -0.39 is 41.2 Å². The number of halogens is 4. The lowest BCUT2D eigenvalue weighted by molar-refractivity contribution is -0.141. The molecular formula is C18H11ClF3N5O3. The van der Waals surface area contributed by atoms with E-state index in [1.54, 1.807) is 0 Å². The molecular weight excluding hydrogens is 427 g/mol. The zero-order valence-corrected chi connectivity index (χ0v) is 15.9. The predicted octanol–water partition coefficient (Wildman–Crippen LogP) is 2.28. The third kappa shape index (κ3) is 3.90. The number of anilines is 1. The van der Waals surface area contributed by atoms with Gasteiger partial charge in [-0.15, -0.1) is 0 Å². The van der Waals surface area contributed by atoms with Gasteiger partial charge in [0, 0.05) is 12.7 Å². The third-order valence-corrected chi connectivity index (χ3v) is 4.46. The van der Waals surface area contributed by atoms with Crippen LogP contribution >= 0.6 is 11.6 Å². The van der Waals surface area contributed by atoms with Gasteiger partial charge in [0.15, 0.2) is 0 Å². The number of nitrogens with one attached hydrogen (secondary N) is 1. The second kappa shape index (κ2) is 7.64. The second-order valence-electron chi connectivity index (χ2n) is 6.15. The van der Waals surface area contributed by atoms with E-state index in [2.05, 4.69) is 10.3 Å². The maximum Gasteiger partial charge on any atom is 0.433 e. The Balaban J connectivity index is 1.97. The number of amides is 1. The summed E-state index contributed by atoms with van der Waals surface area (Å²) < 4.78 is 40.0. The number of nitrogens with zero attached hydrogens (tertiary/aromatic N) is 4. The molecule has 0 atom stereocenters. The molecule has 30 heavy (non-hydrogen) atoms. The number of alkyl halides is 3. The molecule has 0 fully saturated rings. The fourth-order valence-corrected chi connectivity index (χ4v) is 2.92. The first-order chi connectivity index (χ1) is 14.0. The lowest BCUT2D eigenvalue weighted by Crippen LogP contribution is -2.42. The molecule has 3 rings (SSSR count). The maximum absolute atomic E-state index is 12.9. The Morgan fingerprint density at radius 3 is 2.57 bits per heavy atom. The minimum Gasteiger partial charge on any atom is -0.324 e. The van der Waals surface area contributed by atoms with Crippen LogP contribution in [0.25, 0.3) is 11.0 Å². The van der Waals surface area contributed by atoms with E-state index in [1.165, 1.54) is 18.2 Å². The molecule has 0 aliphatic carbocycles. The van der Waals surface area contributed by atoms with Gasteiger partial charge in [-0.2, -0.15) is 18.4 Å². The van der Waals surface area contributed by atoms with E-state index in [0.717, 1.165) is 17.7 Å². The minimum atomic E-state index is -4.75. The molecule has 1 amide bonds. The van der Waals surface area contributed by atoms with Crippen molar-refractivity contribution in [2.24, 2.45) is 7.05 Å². The molecule has 3 aromatic rings. The lowest BCUT2D eigenvalue weighted by Gasteiger charge is -2.12. The predicted molar refractivity (Wildman–Crippen MR) is 101 cm³/mol. The number of benzene rings is 1. The van der Waals surface area contributed by atoms with Crippen LogP contribution in [0.3, 0.4) is 0 Å². The van der Waals surface area contributed by atoms with Crippen LogP contribution in [-0.2, 0) is 24.6 Å². The van der Waals surface area contributed by atoms with Crippen molar-refractivity contribution >= 4 is 34.2 Å². The Kier molecular flexibility index (Phi) is 5.37. The Hall–Kier alpha value is -3.65. The van der Waals surface area contributed by atoms with Crippen molar-refractivity contribution in [3.8, 4) is 6.07 Å². The zero-order valence-electron chi connectivity index (χ0n) is 15.1. The number of pyridine rings is 1. The van der Waals surface area contributed by atoms with Crippen molar-refractivity contribution in [1.29, 1.82) is 5.26 Å². The van der Waals surface area contributed by atoms with Crippen molar-refractivity contribution in [2.75, 3.05) is 5.32 Å². The number of aromatic nitrogens is 3. The first kappa shape index (κ1) is 21.1. The number of hydrogen-bond acceptors (Lipinski definition) is 5. The monoisotopic (exact) mass is 437 g/mol. The van der Waals surface area contributed by atoms with Gasteiger partial charge in [-0.1, -0.05) is 11.6 Å². The van der Waals surface area contributed by atoms with E-state index in [4.69, 9.17) is 16.9 Å². The van der Waals surface area contributed by atoms with Crippen LogP contribution in [0.2, 0.25) is 5.02 Å². The summed E-state index contributed by atoms with van der Waals surface area (Å²) in [5.41, 5.74) is -3.24. The number of nitriles is 1. The summed E-state index contributed by atoms with van der Waals surface area (Å²) in [4.78, 5) is 40.7. The summed E-state index contributed by atoms with van der Waals surface area (Å²) >= 11 is 5.89. The fraction of sp³-hybridized carbons (Fsp3) is 0.167. The molecule has 0 spiro atoms. The lowest BCUT2D eigenvalue weighted by atomic mass is 10.2. The molecule has 0 saturated carbocycles. The maximum atomic E-state index is 12.9. The van der Waals surface area contributed by atoms with Crippen LogP contribution in [0.1, 0.15) is 11.3 Å². The number of rotatable bonds is 3. The Labute approximate surface area is 170 Å². The molecule has 0 radical (unpaired) electrons. The Bertz CT molecular complexity index is 1340. The van der Waals surface area contributed by atoms with Gasteiger partial charge in [-0.3, -0.25) is 18.7 Å². The molecule has 154 valence electrons. The van der Waals surface area contributed by atoms with Crippen LogP contribution in [0.5, 0.6) is 0 Å². The molecule has 2 heterocycles. The van der Waals surface area contributed by atoms with Crippen molar-refractivity contribution in [3.63, 3.8) is 0 Å². The quantitative estimate of drug-likeness (QED) is 0.676. The van der Waals surface area contributed by atoms with Gasteiger partial charge in [0.1, 0.15) is 24.0 Å². The van der Waals surface area contributed by atoms with E-state index in [0.29, 0.717) is 10.6 Å². The van der Waals surface area contributed by atoms with Crippen molar-refractivity contribution < 1.29 is 18.0 Å². The summed E-state index contributed by atoms with van der Waals surface area (Å²) in [6.45, 7) is -0.694. The number of hydrogen-bond donors (Lipinski definition) is 1. The molecule has 0 unspecified atom stereocenters. The number of aryl methyl sites for hydroxylation is 1. The molecule has 8 nitrogen and oxygen atoms in total. The van der Waals surface area contributed by atoms with Gasteiger partial charge in [0.05, 0.1) is 16.0 Å². The minimum absolute atomic E-state index is 0.0978. The fourth-order valence-electron chi connectivity index (χ4n) is 2.70. The zero-order chi connectivity index (χ0) is 22.2. The average Bonchev–Trinajstić information content (AvgIpc) is 2.68. The average molecular weight is 438 g/mol. The van der Waals surface area contributed by atoms with Crippen LogP contribution in [0, 0.1) is 11.3 Å². The van der Waals surface area contributed by atoms with Crippen LogP contribution in [0.4, 0.5) is 18.9 Å². The molecule has 0 aliphatic rings.